The average Bonchev–Trinajstić information content (AvgIpc) is 3.09. The van der Waals surface area contributed by atoms with Gasteiger partial charge in [0.05, 0.1) is 17.0 Å². The molecule has 0 atom stereocenters. The fourth-order valence-corrected chi connectivity index (χ4v) is 3.16. The van der Waals surface area contributed by atoms with Crippen LogP contribution in [0.1, 0.15) is 5.56 Å². The Morgan fingerprint density at radius 2 is 1.72 bits per heavy atom. The van der Waals surface area contributed by atoms with Crippen LogP contribution in [0, 0.1) is 11.6 Å². The first-order valence-electron chi connectivity index (χ1n) is 8.49. The van der Waals surface area contributed by atoms with Crippen LogP contribution in [0.25, 0.3) is 22.6 Å². The lowest BCUT2D eigenvalue weighted by Gasteiger charge is -2.05. The number of fused-ring (bicyclic) bond motifs is 1. The van der Waals surface area contributed by atoms with Gasteiger partial charge < -0.3 is 9.73 Å². The van der Waals surface area contributed by atoms with Gasteiger partial charge in [0.25, 0.3) is 0 Å². The average molecular weight is 433 g/mol. The number of benzene rings is 3. The second-order valence-corrected chi connectivity index (χ2v) is 7.14. The van der Waals surface area contributed by atoms with Gasteiger partial charge in [-0.3, -0.25) is 4.79 Å². The quantitative estimate of drug-likeness (QED) is 0.387. The molecule has 3 aromatic carbocycles. The first-order chi connectivity index (χ1) is 13.9. The SMILES string of the molecule is O=C(Cc1ccc(Cl)cc1)Nc1ccc2oc(-c3cc(F)c(F)cc3Cl)nc2c1. The molecule has 0 bridgehead atoms. The lowest BCUT2D eigenvalue weighted by Crippen LogP contribution is -2.14. The first kappa shape index (κ1) is 19.4. The van der Waals surface area contributed by atoms with E-state index in [1.165, 1.54) is 0 Å². The molecule has 1 aromatic heterocycles. The fourth-order valence-electron chi connectivity index (χ4n) is 2.80. The summed E-state index contributed by atoms with van der Waals surface area (Å²) in [5.74, 6) is -2.27. The normalized spacial score (nSPS) is 11.0. The molecular weight excluding hydrogens is 421 g/mol. The van der Waals surface area contributed by atoms with Crippen LogP contribution in [0.4, 0.5) is 14.5 Å². The molecule has 0 aliphatic carbocycles. The van der Waals surface area contributed by atoms with E-state index in [-0.39, 0.29) is 28.8 Å². The third-order valence-electron chi connectivity index (χ3n) is 4.19. The predicted molar refractivity (Wildman–Crippen MR) is 108 cm³/mol. The molecule has 1 N–H and O–H groups in total. The van der Waals surface area contributed by atoms with Crippen LogP contribution in [0.3, 0.4) is 0 Å². The number of nitrogens with zero attached hydrogens (tertiary/aromatic N) is 1. The second kappa shape index (κ2) is 7.81. The zero-order valence-electron chi connectivity index (χ0n) is 14.7. The number of rotatable bonds is 4. The van der Waals surface area contributed by atoms with E-state index in [0.717, 1.165) is 17.7 Å². The molecular formula is C21H12Cl2F2N2O2. The van der Waals surface area contributed by atoms with E-state index < -0.39 is 11.6 Å². The number of carbonyl (C=O) groups is 1. The summed E-state index contributed by atoms with van der Waals surface area (Å²) >= 11 is 11.8. The fraction of sp³-hybridized carbons (Fsp3) is 0.0476. The number of nitrogens with one attached hydrogen (secondary N) is 1. The summed E-state index contributed by atoms with van der Waals surface area (Å²) in [6, 6.07) is 13.7. The largest absolute Gasteiger partial charge is 0.436 e. The van der Waals surface area contributed by atoms with E-state index >= 15 is 0 Å². The van der Waals surface area contributed by atoms with Crippen molar-refractivity contribution in [1.29, 1.82) is 0 Å². The molecule has 4 aromatic rings. The van der Waals surface area contributed by atoms with Crippen molar-refractivity contribution in [1.82, 2.24) is 4.98 Å². The van der Waals surface area contributed by atoms with E-state index in [0.29, 0.717) is 21.8 Å². The maximum atomic E-state index is 13.6. The molecule has 4 nitrogen and oxygen atoms in total. The van der Waals surface area contributed by atoms with E-state index in [9.17, 15) is 13.6 Å². The maximum absolute atomic E-state index is 13.6. The molecule has 0 radical (unpaired) electrons. The zero-order chi connectivity index (χ0) is 20.5. The Morgan fingerprint density at radius 1 is 1.00 bits per heavy atom. The number of amides is 1. The molecule has 29 heavy (non-hydrogen) atoms. The first-order valence-corrected chi connectivity index (χ1v) is 9.24. The Hall–Kier alpha value is -2.96. The minimum Gasteiger partial charge on any atom is -0.436 e. The Kier molecular flexibility index (Phi) is 5.22. The number of hydrogen-bond acceptors (Lipinski definition) is 3. The van der Waals surface area contributed by atoms with Crippen molar-refractivity contribution in [2.45, 2.75) is 6.42 Å². The number of oxazole rings is 1. The summed E-state index contributed by atoms with van der Waals surface area (Å²) < 4.78 is 32.4. The van der Waals surface area contributed by atoms with Crippen LogP contribution in [-0.4, -0.2) is 10.9 Å². The third kappa shape index (κ3) is 4.23. The molecule has 0 saturated heterocycles. The van der Waals surface area contributed by atoms with E-state index in [1.807, 2.05) is 0 Å². The van der Waals surface area contributed by atoms with Crippen molar-refractivity contribution in [3.63, 3.8) is 0 Å². The standard InChI is InChI=1S/C21H12Cl2F2N2O2/c22-12-3-1-11(2-4-12)7-20(28)26-13-5-6-19-18(8-13)27-21(29-19)14-9-16(24)17(25)10-15(14)23/h1-6,8-10H,7H2,(H,26,28). The summed E-state index contributed by atoms with van der Waals surface area (Å²) in [6.45, 7) is 0. The lowest BCUT2D eigenvalue weighted by atomic mass is 10.1. The molecule has 0 unspecified atom stereocenters. The second-order valence-electron chi connectivity index (χ2n) is 6.30. The Balaban J connectivity index is 1.56. The van der Waals surface area contributed by atoms with Crippen LogP contribution in [-0.2, 0) is 11.2 Å². The molecule has 1 heterocycles. The van der Waals surface area contributed by atoms with Crippen molar-refractivity contribution in [3.8, 4) is 11.5 Å². The van der Waals surface area contributed by atoms with Crippen molar-refractivity contribution in [2.75, 3.05) is 5.32 Å². The third-order valence-corrected chi connectivity index (χ3v) is 4.75. The summed E-state index contributed by atoms with van der Waals surface area (Å²) in [5.41, 5.74) is 2.33. The molecule has 0 saturated carbocycles. The highest BCUT2D eigenvalue weighted by Crippen LogP contribution is 2.32. The lowest BCUT2D eigenvalue weighted by molar-refractivity contribution is -0.115. The molecule has 0 aliphatic rings. The summed E-state index contributed by atoms with van der Waals surface area (Å²) in [4.78, 5) is 16.5. The highest BCUT2D eigenvalue weighted by molar-refractivity contribution is 6.33. The Morgan fingerprint density at radius 3 is 2.48 bits per heavy atom. The van der Waals surface area contributed by atoms with Crippen molar-refractivity contribution < 1.29 is 18.0 Å². The van der Waals surface area contributed by atoms with Crippen molar-refractivity contribution in [3.05, 3.63) is 81.8 Å². The summed E-state index contributed by atoms with van der Waals surface area (Å²) in [5, 5.41) is 3.36. The summed E-state index contributed by atoms with van der Waals surface area (Å²) in [7, 11) is 0. The zero-order valence-corrected chi connectivity index (χ0v) is 16.2. The smallest absolute Gasteiger partial charge is 0.228 e. The van der Waals surface area contributed by atoms with Crippen LogP contribution >= 0.6 is 23.2 Å². The van der Waals surface area contributed by atoms with E-state index in [2.05, 4.69) is 10.3 Å². The van der Waals surface area contributed by atoms with Gasteiger partial charge in [0.15, 0.2) is 17.2 Å². The van der Waals surface area contributed by atoms with Gasteiger partial charge in [-0.25, -0.2) is 13.8 Å². The molecule has 146 valence electrons. The van der Waals surface area contributed by atoms with E-state index in [1.54, 1.807) is 42.5 Å². The number of aromatic nitrogens is 1. The van der Waals surface area contributed by atoms with Gasteiger partial charge in [-0.1, -0.05) is 35.3 Å². The van der Waals surface area contributed by atoms with Gasteiger partial charge in [-0.15, -0.1) is 0 Å². The number of anilines is 1. The number of carbonyl (C=O) groups excluding carboxylic acids is 1. The van der Waals surface area contributed by atoms with Crippen molar-refractivity contribution in [2.24, 2.45) is 0 Å². The molecule has 0 aliphatic heterocycles. The monoisotopic (exact) mass is 432 g/mol. The van der Waals surface area contributed by atoms with Gasteiger partial charge in [0.2, 0.25) is 11.8 Å². The van der Waals surface area contributed by atoms with Crippen LogP contribution in [0.5, 0.6) is 0 Å². The number of halogens is 4. The van der Waals surface area contributed by atoms with Crippen molar-refractivity contribution >= 4 is 45.9 Å². The van der Waals surface area contributed by atoms with Crippen LogP contribution in [0.15, 0.2) is 59.0 Å². The predicted octanol–water partition coefficient (Wildman–Crippen LogP) is 6.26. The Labute approximate surface area is 174 Å². The highest BCUT2D eigenvalue weighted by Gasteiger charge is 2.16. The summed E-state index contributed by atoms with van der Waals surface area (Å²) in [6.07, 6.45) is 0.184. The van der Waals surface area contributed by atoms with E-state index in [4.69, 9.17) is 27.6 Å². The van der Waals surface area contributed by atoms with Gasteiger partial charge in [-0.2, -0.15) is 0 Å². The van der Waals surface area contributed by atoms with Gasteiger partial charge >= 0.3 is 0 Å². The van der Waals surface area contributed by atoms with Gasteiger partial charge in [-0.05, 0) is 48.0 Å². The minimum absolute atomic E-state index is 0.0213. The minimum atomic E-state index is -1.06. The molecule has 8 heteroatoms. The van der Waals surface area contributed by atoms with Gasteiger partial charge in [0, 0.05) is 10.7 Å². The topological polar surface area (TPSA) is 55.1 Å². The molecule has 1 amide bonds. The molecule has 0 fully saturated rings. The maximum Gasteiger partial charge on any atom is 0.228 e. The van der Waals surface area contributed by atoms with Crippen LogP contribution in [0.2, 0.25) is 10.0 Å². The highest BCUT2D eigenvalue weighted by atomic mass is 35.5. The molecule has 4 rings (SSSR count). The Bertz CT molecular complexity index is 1220. The number of hydrogen-bond donors (Lipinski definition) is 1. The van der Waals surface area contributed by atoms with Gasteiger partial charge in [0.1, 0.15) is 5.52 Å². The molecule has 0 spiro atoms. The van der Waals surface area contributed by atoms with Crippen LogP contribution < -0.4 is 5.32 Å².